The number of H-pyrrole nitrogens is 1. The Morgan fingerprint density at radius 2 is 2.16 bits per heavy atom. The fourth-order valence-electron chi connectivity index (χ4n) is 1.38. The van der Waals surface area contributed by atoms with Gasteiger partial charge in [-0.15, -0.1) is 5.10 Å². The maximum atomic E-state index is 13.5. The van der Waals surface area contributed by atoms with E-state index in [-0.39, 0.29) is 16.6 Å². The van der Waals surface area contributed by atoms with Crippen molar-refractivity contribution < 1.29 is 17.5 Å². The van der Waals surface area contributed by atoms with E-state index in [4.69, 9.17) is 4.74 Å². The number of sulfonamides is 1. The van der Waals surface area contributed by atoms with E-state index in [0.29, 0.717) is 5.82 Å². The number of hydrogen-bond donors (Lipinski definition) is 2. The van der Waals surface area contributed by atoms with Crippen molar-refractivity contribution in [2.45, 2.75) is 11.8 Å². The van der Waals surface area contributed by atoms with Gasteiger partial charge in [0, 0.05) is 0 Å². The molecule has 7 nitrogen and oxygen atoms in total. The van der Waals surface area contributed by atoms with E-state index in [0.717, 1.165) is 6.07 Å². The van der Waals surface area contributed by atoms with Gasteiger partial charge in [0.05, 0.1) is 12.0 Å². The number of nitrogens with one attached hydrogen (secondary N) is 2. The lowest BCUT2D eigenvalue weighted by Crippen LogP contribution is -2.14. The number of aryl methyl sites for hydroxylation is 1. The molecule has 0 aliphatic rings. The molecule has 0 fully saturated rings. The Labute approximate surface area is 108 Å². The number of nitrogens with zero attached hydrogens (tertiary/aromatic N) is 2. The predicted molar refractivity (Wildman–Crippen MR) is 64.9 cm³/mol. The number of ether oxygens (including phenoxy) is 1. The minimum atomic E-state index is -3.94. The van der Waals surface area contributed by atoms with Gasteiger partial charge in [-0.1, -0.05) is 0 Å². The molecule has 102 valence electrons. The number of halogens is 1. The van der Waals surface area contributed by atoms with E-state index in [2.05, 4.69) is 19.9 Å². The van der Waals surface area contributed by atoms with Crippen LogP contribution in [0.15, 0.2) is 23.1 Å². The van der Waals surface area contributed by atoms with Crippen LogP contribution in [0.5, 0.6) is 5.75 Å². The van der Waals surface area contributed by atoms with Gasteiger partial charge in [0.15, 0.2) is 11.6 Å². The van der Waals surface area contributed by atoms with Crippen molar-refractivity contribution in [2.75, 3.05) is 11.8 Å². The summed E-state index contributed by atoms with van der Waals surface area (Å²) in [5, 5.41) is 6.13. The molecule has 1 heterocycles. The largest absolute Gasteiger partial charge is 0.494 e. The maximum Gasteiger partial charge on any atom is 0.264 e. The Hall–Kier alpha value is -2.16. The number of aromatic nitrogens is 3. The van der Waals surface area contributed by atoms with Crippen LogP contribution in [0.1, 0.15) is 5.82 Å². The third-order valence-electron chi connectivity index (χ3n) is 2.26. The maximum absolute atomic E-state index is 13.5. The summed E-state index contributed by atoms with van der Waals surface area (Å²) in [5.74, 6) is -0.448. The number of benzene rings is 1. The summed E-state index contributed by atoms with van der Waals surface area (Å²) in [6, 6.07) is 3.32. The molecule has 9 heteroatoms. The van der Waals surface area contributed by atoms with E-state index in [9.17, 15) is 12.8 Å². The van der Waals surface area contributed by atoms with Gasteiger partial charge in [-0.25, -0.2) is 17.5 Å². The quantitative estimate of drug-likeness (QED) is 0.876. The van der Waals surface area contributed by atoms with Crippen LogP contribution < -0.4 is 9.46 Å². The highest BCUT2D eigenvalue weighted by Crippen LogP contribution is 2.21. The molecule has 0 saturated carbocycles. The first-order valence-corrected chi connectivity index (χ1v) is 6.66. The smallest absolute Gasteiger partial charge is 0.264 e. The molecule has 1 aromatic heterocycles. The first-order valence-electron chi connectivity index (χ1n) is 5.18. The number of aromatic amines is 1. The van der Waals surface area contributed by atoms with Crippen molar-refractivity contribution in [2.24, 2.45) is 0 Å². The Morgan fingerprint density at radius 1 is 1.42 bits per heavy atom. The van der Waals surface area contributed by atoms with Crippen molar-refractivity contribution in [1.82, 2.24) is 15.2 Å². The molecule has 0 aliphatic carbocycles. The van der Waals surface area contributed by atoms with Crippen LogP contribution in [0, 0.1) is 12.7 Å². The van der Waals surface area contributed by atoms with Crippen molar-refractivity contribution in [3.63, 3.8) is 0 Å². The lowest BCUT2D eigenvalue weighted by Gasteiger charge is -2.06. The lowest BCUT2D eigenvalue weighted by atomic mass is 10.3. The molecule has 2 aromatic rings. The molecule has 2 rings (SSSR count). The Bertz CT molecular complexity index is 699. The zero-order chi connectivity index (χ0) is 14.0. The third kappa shape index (κ3) is 2.81. The second kappa shape index (κ2) is 4.84. The molecular formula is C10H11FN4O3S. The molecule has 0 aliphatic heterocycles. The molecule has 0 spiro atoms. The van der Waals surface area contributed by atoms with E-state index in [1.54, 1.807) is 6.92 Å². The van der Waals surface area contributed by atoms with Gasteiger partial charge in [-0.3, -0.25) is 5.10 Å². The van der Waals surface area contributed by atoms with Gasteiger partial charge < -0.3 is 4.74 Å². The molecule has 0 bridgehead atoms. The van der Waals surface area contributed by atoms with Gasteiger partial charge in [0.2, 0.25) is 0 Å². The Balaban J connectivity index is 2.31. The molecular weight excluding hydrogens is 275 g/mol. The lowest BCUT2D eigenvalue weighted by molar-refractivity contribution is 0.385. The van der Waals surface area contributed by atoms with Crippen LogP contribution in [0.2, 0.25) is 0 Å². The first-order chi connectivity index (χ1) is 8.92. The van der Waals surface area contributed by atoms with Gasteiger partial charge in [-0.05, 0) is 25.1 Å². The van der Waals surface area contributed by atoms with E-state index < -0.39 is 15.8 Å². The van der Waals surface area contributed by atoms with Crippen molar-refractivity contribution in [3.8, 4) is 5.75 Å². The van der Waals surface area contributed by atoms with E-state index in [1.165, 1.54) is 19.2 Å². The van der Waals surface area contributed by atoms with Crippen LogP contribution >= 0.6 is 0 Å². The molecule has 2 N–H and O–H groups in total. The SMILES string of the molecule is COc1ccc(S(=O)(=O)Nc2n[nH]c(C)n2)cc1F. The standard InChI is InChI=1S/C10H11FN4O3S/c1-6-12-10(14-13-6)15-19(16,17)7-3-4-9(18-2)8(11)5-7/h3-5H,1-2H3,(H2,12,13,14,15). The number of hydrogen-bond acceptors (Lipinski definition) is 5. The third-order valence-corrected chi connectivity index (χ3v) is 3.58. The van der Waals surface area contributed by atoms with Gasteiger partial charge in [0.25, 0.3) is 16.0 Å². The summed E-state index contributed by atoms with van der Waals surface area (Å²) in [6.45, 7) is 1.62. The van der Waals surface area contributed by atoms with E-state index >= 15 is 0 Å². The van der Waals surface area contributed by atoms with Crippen LogP contribution in [0.3, 0.4) is 0 Å². The van der Waals surface area contributed by atoms with Crippen LogP contribution in [-0.4, -0.2) is 30.7 Å². The molecule has 0 atom stereocenters. The summed E-state index contributed by atoms with van der Waals surface area (Å²) >= 11 is 0. The summed E-state index contributed by atoms with van der Waals surface area (Å²) in [7, 11) is -2.65. The predicted octanol–water partition coefficient (Wildman–Crippen LogP) is 1.06. The topological polar surface area (TPSA) is 97.0 Å². The minimum absolute atomic E-state index is 0.0345. The number of methoxy groups -OCH3 is 1. The first kappa shape index (κ1) is 13.3. The zero-order valence-corrected chi connectivity index (χ0v) is 11.0. The van der Waals surface area contributed by atoms with Crippen molar-refractivity contribution in [3.05, 3.63) is 29.8 Å². The van der Waals surface area contributed by atoms with Crippen LogP contribution in [0.4, 0.5) is 10.3 Å². The molecule has 0 radical (unpaired) electrons. The van der Waals surface area contributed by atoms with Crippen LogP contribution in [0.25, 0.3) is 0 Å². The molecule has 0 amide bonds. The number of anilines is 1. The van der Waals surface area contributed by atoms with Gasteiger partial charge in [0.1, 0.15) is 5.82 Å². The zero-order valence-electron chi connectivity index (χ0n) is 10.1. The Kier molecular flexibility index (Phi) is 3.38. The monoisotopic (exact) mass is 286 g/mol. The minimum Gasteiger partial charge on any atom is -0.494 e. The fourth-order valence-corrected chi connectivity index (χ4v) is 2.34. The average molecular weight is 286 g/mol. The van der Waals surface area contributed by atoms with Crippen LogP contribution in [-0.2, 0) is 10.0 Å². The normalized spacial score (nSPS) is 11.3. The summed E-state index contributed by atoms with van der Waals surface area (Å²) in [4.78, 5) is 3.56. The highest BCUT2D eigenvalue weighted by atomic mass is 32.2. The van der Waals surface area contributed by atoms with Crippen molar-refractivity contribution >= 4 is 16.0 Å². The molecule has 0 unspecified atom stereocenters. The average Bonchev–Trinajstić information content (AvgIpc) is 2.73. The summed E-state index contributed by atoms with van der Waals surface area (Å²) < 4.78 is 44.2. The molecule has 1 aromatic carbocycles. The van der Waals surface area contributed by atoms with E-state index in [1.807, 2.05) is 0 Å². The molecule has 19 heavy (non-hydrogen) atoms. The molecule has 0 saturated heterocycles. The summed E-state index contributed by atoms with van der Waals surface area (Å²) in [5.41, 5.74) is 0. The summed E-state index contributed by atoms with van der Waals surface area (Å²) in [6.07, 6.45) is 0. The van der Waals surface area contributed by atoms with Gasteiger partial charge in [-0.2, -0.15) is 4.98 Å². The number of rotatable bonds is 4. The highest BCUT2D eigenvalue weighted by molar-refractivity contribution is 7.92. The Morgan fingerprint density at radius 3 is 2.68 bits per heavy atom. The second-order valence-electron chi connectivity index (χ2n) is 3.65. The van der Waals surface area contributed by atoms with Crippen molar-refractivity contribution in [1.29, 1.82) is 0 Å². The second-order valence-corrected chi connectivity index (χ2v) is 5.33. The van der Waals surface area contributed by atoms with Gasteiger partial charge >= 0.3 is 0 Å². The fraction of sp³-hybridized carbons (Fsp3) is 0.200. The highest BCUT2D eigenvalue weighted by Gasteiger charge is 2.18.